The molecule has 0 saturated carbocycles. The number of fused-ring (bicyclic) bond motifs is 5. The van der Waals surface area contributed by atoms with Gasteiger partial charge in [-0.25, -0.2) is 4.68 Å². The molecule has 2 atom stereocenters. The average molecular weight is 512 g/mol. The summed E-state index contributed by atoms with van der Waals surface area (Å²) in [5, 5.41) is 34.6. The number of nitrogens with zero attached hydrogens (tertiary/aromatic N) is 5. The predicted molar refractivity (Wildman–Crippen MR) is 149 cm³/mol. The van der Waals surface area contributed by atoms with Crippen LogP contribution < -0.4 is 4.90 Å². The van der Waals surface area contributed by atoms with E-state index >= 15 is 0 Å². The van der Waals surface area contributed by atoms with Crippen LogP contribution in [0.1, 0.15) is 43.2 Å². The molecule has 2 unspecified atom stereocenters. The van der Waals surface area contributed by atoms with Crippen molar-refractivity contribution in [1.29, 1.82) is 0 Å². The maximum absolute atomic E-state index is 11.9. The van der Waals surface area contributed by atoms with Crippen LogP contribution in [0.5, 0.6) is 0 Å². The van der Waals surface area contributed by atoms with Crippen molar-refractivity contribution < 1.29 is 15.1 Å². The van der Waals surface area contributed by atoms with Crippen molar-refractivity contribution in [1.82, 2.24) is 15.0 Å². The Bertz CT molecular complexity index is 1430. The number of aryl methyl sites for hydroxylation is 1. The summed E-state index contributed by atoms with van der Waals surface area (Å²) >= 11 is 0. The van der Waals surface area contributed by atoms with Crippen LogP contribution in [0.15, 0.2) is 78.0 Å². The molecule has 1 aliphatic heterocycles. The van der Waals surface area contributed by atoms with Gasteiger partial charge in [0.15, 0.2) is 6.23 Å². The van der Waals surface area contributed by atoms with E-state index in [4.69, 9.17) is 4.84 Å². The number of aliphatic hydroxyl groups excluding tert-OH is 2. The zero-order valence-electron chi connectivity index (χ0n) is 22.0. The van der Waals surface area contributed by atoms with Gasteiger partial charge >= 0.3 is 0 Å². The van der Waals surface area contributed by atoms with Crippen molar-refractivity contribution in [2.24, 2.45) is 11.1 Å². The molecule has 0 amide bonds. The van der Waals surface area contributed by atoms with E-state index in [1.54, 1.807) is 7.11 Å². The highest BCUT2D eigenvalue weighted by Gasteiger charge is 2.31. The lowest BCUT2D eigenvalue weighted by atomic mass is 9.92. The zero-order valence-corrected chi connectivity index (χ0v) is 22.0. The lowest BCUT2D eigenvalue weighted by molar-refractivity contribution is 0.167. The predicted octanol–water partition coefficient (Wildman–Crippen LogP) is 5.01. The van der Waals surface area contributed by atoms with Gasteiger partial charge in [-0.1, -0.05) is 84.0 Å². The minimum absolute atomic E-state index is 0.00506. The largest absolute Gasteiger partial charge is 0.399 e. The second-order valence-electron chi connectivity index (χ2n) is 9.62. The number of aromatic nitrogens is 3. The topological polar surface area (TPSA) is 96.0 Å². The van der Waals surface area contributed by atoms with Gasteiger partial charge < -0.3 is 20.0 Å². The standard InChI is InChI=1S/C30H33N5O3/c1-4-35-29-23-9-5-6-10-24(23)30(37)34(27-12-8-7-11-25(27)28(29)31-33-35)18-20(2)17-26(32-38-3)22-15-13-21(19-36)14-16-22/h5-16,20,30,36-37H,4,17-19H2,1-3H3/b32-26+. The number of hydrogen-bond acceptors (Lipinski definition) is 7. The van der Waals surface area contributed by atoms with E-state index in [9.17, 15) is 10.2 Å². The molecule has 1 aromatic heterocycles. The number of rotatable bonds is 8. The van der Waals surface area contributed by atoms with Crippen LogP contribution in [0.3, 0.4) is 0 Å². The molecule has 8 heteroatoms. The van der Waals surface area contributed by atoms with Gasteiger partial charge in [0.1, 0.15) is 12.8 Å². The first-order valence-electron chi connectivity index (χ1n) is 12.9. The molecule has 2 heterocycles. The van der Waals surface area contributed by atoms with Gasteiger partial charge in [0.05, 0.1) is 18.0 Å². The number of hydrogen-bond donors (Lipinski definition) is 2. The van der Waals surface area contributed by atoms with Crippen LogP contribution in [-0.2, 0) is 18.0 Å². The Morgan fingerprint density at radius 1 is 1.03 bits per heavy atom. The Labute approximate surface area is 222 Å². The minimum Gasteiger partial charge on any atom is -0.399 e. The number of para-hydroxylation sites is 1. The molecule has 0 aliphatic carbocycles. The van der Waals surface area contributed by atoms with E-state index in [0.29, 0.717) is 19.5 Å². The van der Waals surface area contributed by atoms with Crippen LogP contribution in [0.2, 0.25) is 0 Å². The van der Waals surface area contributed by atoms with Crippen LogP contribution in [0.25, 0.3) is 22.5 Å². The Kier molecular flexibility index (Phi) is 7.53. The van der Waals surface area contributed by atoms with Crippen molar-refractivity contribution >= 4 is 11.4 Å². The number of benzene rings is 3. The van der Waals surface area contributed by atoms with Gasteiger partial charge in [-0.2, -0.15) is 0 Å². The summed E-state index contributed by atoms with van der Waals surface area (Å²) in [6.07, 6.45) is -0.230. The summed E-state index contributed by atoms with van der Waals surface area (Å²) in [6.45, 7) is 5.43. The number of anilines is 1. The molecule has 1 aliphatic rings. The summed E-state index contributed by atoms with van der Waals surface area (Å²) in [7, 11) is 1.54. The Balaban J connectivity index is 1.53. The minimum atomic E-state index is -0.866. The van der Waals surface area contributed by atoms with E-state index in [1.165, 1.54) is 0 Å². The van der Waals surface area contributed by atoms with E-state index in [1.807, 2.05) is 89.3 Å². The normalized spacial score (nSPS) is 15.7. The van der Waals surface area contributed by atoms with Crippen molar-refractivity contribution in [3.8, 4) is 22.5 Å². The van der Waals surface area contributed by atoms with Gasteiger partial charge in [0.2, 0.25) is 0 Å². The molecule has 38 heavy (non-hydrogen) atoms. The van der Waals surface area contributed by atoms with E-state index in [-0.39, 0.29) is 12.5 Å². The fraction of sp³-hybridized carbons (Fsp3) is 0.300. The average Bonchev–Trinajstić information content (AvgIpc) is 3.38. The summed E-state index contributed by atoms with van der Waals surface area (Å²) in [4.78, 5) is 7.22. The van der Waals surface area contributed by atoms with Gasteiger partial charge in [-0.05, 0) is 36.5 Å². The highest BCUT2D eigenvalue weighted by molar-refractivity contribution is 6.00. The molecule has 196 valence electrons. The van der Waals surface area contributed by atoms with Crippen LogP contribution in [-0.4, -0.2) is 44.6 Å². The number of aliphatic hydroxyl groups is 2. The third-order valence-corrected chi connectivity index (χ3v) is 7.01. The summed E-state index contributed by atoms with van der Waals surface area (Å²) in [5.74, 6) is 0.113. The maximum atomic E-state index is 11.9. The lowest BCUT2D eigenvalue weighted by Crippen LogP contribution is -2.35. The maximum Gasteiger partial charge on any atom is 0.153 e. The monoisotopic (exact) mass is 511 g/mol. The van der Waals surface area contributed by atoms with Crippen molar-refractivity contribution in [3.63, 3.8) is 0 Å². The SMILES string of the molecule is CCn1nnc2c1-c1ccccc1C(O)N(CC(C)C/C(=N\OC)c1ccc(CO)cc1)c1ccccc1-2. The number of oxime groups is 1. The van der Waals surface area contributed by atoms with Gasteiger partial charge in [0, 0.05) is 35.5 Å². The van der Waals surface area contributed by atoms with Crippen LogP contribution >= 0.6 is 0 Å². The Hall–Kier alpha value is -4.01. The Morgan fingerprint density at radius 2 is 1.74 bits per heavy atom. The molecular weight excluding hydrogens is 478 g/mol. The smallest absolute Gasteiger partial charge is 0.153 e. The van der Waals surface area contributed by atoms with Crippen molar-refractivity contribution in [2.75, 3.05) is 18.6 Å². The van der Waals surface area contributed by atoms with E-state index in [0.717, 1.165) is 50.6 Å². The third-order valence-electron chi connectivity index (χ3n) is 7.01. The molecule has 2 N–H and O–H groups in total. The summed E-state index contributed by atoms with van der Waals surface area (Å²) in [5.41, 5.74) is 7.92. The molecule has 0 fully saturated rings. The van der Waals surface area contributed by atoms with E-state index in [2.05, 4.69) is 22.4 Å². The molecule has 3 aromatic carbocycles. The lowest BCUT2D eigenvalue weighted by Gasteiger charge is -2.36. The quantitative estimate of drug-likeness (QED) is 0.255. The molecule has 5 rings (SSSR count). The fourth-order valence-electron chi connectivity index (χ4n) is 5.19. The summed E-state index contributed by atoms with van der Waals surface area (Å²) in [6, 6.07) is 23.7. The van der Waals surface area contributed by atoms with Crippen molar-refractivity contribution in [2.45, 2.75) is 39.6 Å². The van der Waals surface area contributed by atoms with Gasteiger partial charge in [-0.3, -0.25) is 0 Å². The second kappa shape index (κ2) is 11.2. The molecular formula is C30H33N5O3. The first-order valence-corrected chi connectivity index (χ1v) is 12.9. The Morgan fingerprint density at radius 3 is 2.45 bits per heavy atom. The molecule has 8 nitrogen and oxygen atoms in total. The molecule has 4 aromatic rings. The highest BCUT2D eigenvalue weighted by Crippen LogP contribution is 2.44. The fourth-order valence-corrected chi connectivity index (χ4v) is 5.19. The van der Waals surface area contributed by atoms with Crippen LogP contribution in [0.4, 0.5) is 5.69 Å². The first-order chi connectivity index (χ1) is 18.5. The summed E-state index contributed by atoms with van der Waals surface area (Å²) < 4.78 is 1.89. The van der Waals surface area contributed by atoms with Crippen molar-refractivity contribution in [3.05, 3.63) is 89.5 Å². The molecule has 0 spiro atoms. The highest BCUT2D eigenvalue weighted by atomic mass is 16.6. The third kappa shape index (κ3) is 4.80. The molecule has 0 saturated heterocycles. The van der Waals surface area contributed by atoms with Crippen LogP contribution in [0, 0.1) is 5.92 Å². The molecule has 0 radical (unpaired) electrons. The zero-order chi connectivity index (χ0) is 26.6. The van der Waals surface area contributed by atoms with E-state index < -0.39 is 6.23 Å². The second-order valence-corrected chi connectivity index (χ2v) is 9.62. The van der Waals surface area contributed by atoms with Gasteiger partial charge in [-0.15, -0.1) is 5.10 Å². The first kappa shape index (κ1) is 25.6. The van der Waals surface area contributed by atoms with Gasteiger partial charge in [0.25, 0.3) is 0 Å². The molecule has 0 bridgehead atoms.